The molecule has 1 fully saturated rings. The molecule has 4 nitrogen and oxygen atoms in total. The molecular weight excluding hydrogens is 416 g/mol. The minimum Gasteiger partial charge on any atom is -0.355 e. The van der Waals surface area contributed by atoms with Gasteiger partial charge in [0.15, 0.2) is 11.7 Å². The predicted octanol–water partition coefficient (Wildman–Crippen LogP) is 7.82. The highest BCUT2D eigenvalue weighted by Crippen LogP contribution is 2.37. The van der Waals surface area contributed by atoms with E-state index in [4.69, 9.17) is 9.98 Å². The minimum atomic E-state index is 0.402. The van der Waals surface area contributed by atoms with E-state index >= 15 is 0 Å². The molecule has 2 aromatic carbocycles. The van der Waals surface area contributed by atoms with Crippen LogP contribution in [-0.2, 0) is 0 Å². The lowest BCUT2D eigenvalue weighted by Crippen LogP contribution is -2.51. The molecule has 0 atom stereocenters. The third-order valence-corrected chi connectivity index (χ3v) is 6.81. The quantitative estimate of drug-likeness (QED) is 0.440. The topological polar surface area (TPSA) is 31.2 Å². The van der Waals surface area contributed by atoms with Crippen molar-refractivity contribution in [1.29, 1.82) is 0 Å². The molecule has 1 aliphatic heterocycles. The Bertz CT molecular complexity index is 921. The van der Waals surface area contributed by atoms with Gasteiger partial charge in [0.2, 0.25) is 0 Å². The Balaban J connectivity index is 2.30. The molecule has 0 bridgehead atoms. The van der Waals surface area contributed by atoms with Crippen LogP contribution in [-0.4, -0.2) is 48.7 Å². The lowest BCUT2D eigenvalue weighted by molar-refractivity contribution is 0.386. The summed E-state index contributed by atoms with van der Waals surface area (Å²) in [4.78, 5) is 15.3. The van der Waals surface area contributed by atoms with Gasteiger partial charge in [0, 0.05) is 27.2 Å². The maximum absolute atomic E-state index is 5.39. The number of rotatable bonds is 6. The Kier molecular flexibility index (Phi) is 8.22. The Morgan fingerprint density at radius 3 is 1.03 bits per heavy atom. The van der Waals surface area contributed by atoms with Gasteiger partial charge in [-0.3, -0.25) is 0 Å². The first-order valence-corrected chi connectivity index (χ1v) is 12.9. The van der Waals surface area contributed by atoms with Gasteiger partial charge < -0.3 is 9.80 Å². The zero-order chi connectivity index (χ0) is 25.2. The molecule has 4 heteroatoms. The Morgan fingerprint density at radius 2 is 0.794 bits per heavy atom. The number of likely N-dealkylation sites (N-methyl/N-ethyl adjacent to an activating group) is 2. The lowest BCUT2D eigenvalue weighted by atomic mass is 9.92. The van der Waals surface area contributed by atoms with Crippen molar-refractivity contribution in [1.82, 2.24) is 9.80 Å². The van der Waals surface area contributed by atoms with Gasteiger partial charge in [0.1, 0.15) is 0 Å². The average molecular weight is 461 g/mol. The number of aliphatic imine (C=N–C) groups is 2. The molecule has 1 heterocycles. The van der Waals surface area contributed by atoms with Crippen molar-refractivity contribution in [3.63, 3.8) is 0 Å². The minimum absolute atomic E-state index is 0.402. The Hall–Kier alpha value is -2.62. The first kappa shape index (κ1) is 26.0. The van der Waals surface area contributed by atoms with Crippen LogP contribution >= 0.6 is 0 Å². The number of hydrogen-bond acceptors (Lipinski definition) is 2. The maximum Gasteiger partial charge on any atom is 0.172 e. The SMILES string of the molecule is CC(C)c1cccc(C(C)C)c1N=C1C(=Nc2c(C(C)C)cccc2C(C)C)N(C)CCN1C. The van der Waals surface area contributed by atoms with Crippen LogP contribution in [0.1, 0.15) is 101 Å². The van der Waals surface area contributed by atoms with Crippen LogP contribution in [0.4, 0.5) is 11.4 Å². The van der Waals surface area contributed by atoms with Gasteiger partial charge in [-0.15, -0.1) is 0 Å². The first-order chi connectivity index (χ1) is 16.0. The molecule has 3 rings (SSSR count). The van der Waals surface area contributed by atoms with E-state index < -0.39 is 0 Å². The van der Waals surface area contributed by atoms with Crippen molar-refractivity contribution in [3.05, 3.63) is 58.7 Å². The second-order valence-electron chi connectivity index (χ2n) is 10.9. The molecule has 34 heavy (non-hydrogen) atoms. The van der Waals surface area contributed by atoms with Crippen LogP contribution < -0.4 is 0 Å². The molecule has 0 radical (unpaired) electrons. The van der Waals surface area contributed by atoms with Gasteiger partial charge in [0.05, 0.1) is 11.4 Å². The molecule has 184 valence electrons. The molecule has 0 unspecified atom stereocenters. The summed E-state index contributed by atoms with van der Waals surface area (Å²) in [6.45, 7) is 19.9. The third-order valence-electron chi connectivity index (χ3n) is 6.81. The van der Waals surface area contributed by atoms with E-state index in [1.807, 2.05) is 0 Å². The zero-order valence-electron chi connectivity index (χ0n) is 23.0. The second kappa shape index (κ2) is 10.8. The molecule has 0 N–H and O–H groups in total. The van der Waals surface area contributed by atoms with Crippen LogP contribution in [0.5, 0.6) is 0 Å². The molecule has 0 saturated carbocycles. The Labute approximate surface area is 207 Å². The summed E-state index contributed by atoms with van der Waals surface area (Å²) in [5.74, 6) is 3.52. The van der Waals surface area contributed by atoms with Crippen molar-refractivity contribution < 1.29 is 0 Å². The van der Waals surface area contributed by atoms with Crippen LogP contribution in [0.15, 0.2) is 46.4 Å². The van der Waals surface area contributed by atoms with Crippen LogP contribution in [0.25, 0.3) is 0 Å². The summed E-state index contributed by atoms with van der Waals surface area (Å²) < 4.78 is 0. The normalized spacial score (nSPS) is 17.4. The van der Waals surface area contributed by atoms with Crippen molar-refractivity contribution in [2.45, 2.75) is 79.1 Å². The highest BCUT2D eigenvalue weighted by Gasteiger charge is 2.27. The van der Waals surface area contributed by atoms with Gasteiger partial charge in [-0.2, -0.15) is 0 Å². The monoisotopic (exact) mass is 460 g/mol. The number of piperazine rings is 1. The van der Waals surface area contributed by atoms with Gasteiger partial charge in [-0.25, -0.2) is 9.98 Å². The fourth-order valence-corrected chi connectivity index (χ4v) is 4.62. The number of amidine groups is 2. The third kappa shape index (κ3) is 5.37. The van der Waals surface area contributed by atoms with Crippen molar-refractivity contribution in [2.24, 2.45) is 9.98 Å². The number of nitrogens with zero attached hydrogens (tertiary/aromatic N) is 4. The second-order valence-corrected chi connectivity index (χ2v) is 10.9. The lowest BCUT2D eigenvalue weighted by Gasteiger charge is -2.35. The van der Waals surface area contributed by atoms with Gasteiger partial charge in [-0.05, 0) is 45.9 Å². The van der Waals surface area contributed by atoms with Crippen LogP contribution in [0.3, 0.4) is 0 Å². The highest BCUT2D eigenvalue weighted by atomic mass is 15.3. The summed E-state index contributed by atoms with van der Waals surface area (Å²) >= 11 is 0. The molecule has 1 aliphatic rings. The Morgan fingerprint density at radius 1 is 0.529 bits per heavy atom. The number of para-hydroxylation sites is 2. The molecule has 0 spiro atoms. The van der Waals surface area contributed by atoms with Crippen LogP contribution in [0, 0.1) is 0 Å². The van der Waals surface area contributed by atoms with E-state index in [-0.39, 0.29) is 0 Å². The zero-order valence-corrected chi connectivity index (χ0v) is 23.0. The van der Waals surface area contributed by atoms with Gasteiger partial charge in [-0.1, -0.05) is 91.8 Å². The summed E-state index contributed by atoms with van der Waals surface area (Å²) in [5, 5.41) is 0. The van der Waals surface area contributed by atoms with Crippen LogP contribution in [0.2, 0.25) is 0 Å². The fourth-order valence-electron chi connectivity index (χ4n) is 4.62. The van der Waals surface area contributed by atoms with Crippen molar-refractivity contribution in [2.75, 3.05) is 27.2 Å². The smallest absolute Gasteiger partial charge is 0.172 e. The average Bonchev–Trinajstić information content (AvgIpc) is 2.77. The van der Waals surface area contributed by atoms with Gasteiger partial charge in [0.25, 0.3) is 0 Å². The largest absolute Gasteiger partial charge is 0.355 e. The molecule has 2 aromatic rings. The molecule has 0 amide bonds. The van der Waals surface area contributed by atoms with E-state index in [0.29, 0.717) is 23.7 Å². The molecule has 0 aliphatic carbocycles. The summed E-state index contributed by atoms with van der Waals surface area (Å²) in [6.07, 6.45) is 0. The molecular formula is C30H44N4. The summed E-state index contributed by atoms with van der Waals surface area (Å²) in [7, 11) is 4.29. The number of benzene rings is 2. The first-order valence-electron chi connectivity index (χ1n) is 12.9. The van der Waals surface area contributed by atoms with Crippen molar-refractivity contribution >= 4 is 23.0 Å². The van der Waals surface area contributed by atoms with Crippen molar-refractivity contribution in [3.8, 4) is 0 Å². The van der Waals surface area contributed by atoms with Gasteiger partial charge >= 0.3 is 0 Å². The predicted molar refractivity (Wildman–Crippen MR) is 149 cm³/mol. The van der Waals surface area contributed by atoms with E-state index in [0.717, 1.165) is 36.1 Å². The summed E-state index contributed by atoms with van der Waals surface area (Å²) in [5.41, 5.74) is 7.41. The maximum atomic E-state index is 5.39. The number of hydrogen-bond donors (Lipinski definition) is 0. The molecule has 1 saturated heterocycles. The molecule has 0 aromatic heterocycles. The van der Waals surface area contributed by atoms with E-state index in [1.54, 1.807) is 0 Å². The standard InChI is InChI=1S/C30H44N4/c1-19(2)23-13-11-14-24(20(3)4)27(23)31-29-30(34(10)18-17-33(29)9)32-28-25(21(5)6)15-12-16-26(28)22(7)8/h11-16,19-22H,17-18H2,1-10H3. The highest BCUT2D eigenvalue weighted by molar-refractivity contribution is 6.41. The van der Waals surface area contributed by atoms with E-state index in [1.165, 1.54) is 22.3 Å². The van der Waals surface area contributed by atoms with E-state index in [2.05, 4.69) is 116 Å². The van der Waals surface area contributed by atoms with E-state index in [9.17, 15) is 0 Å². The fraction of sp³-hybridized carbons (Fsp3) is 0.533. The summed E-state index contributed by atoms with van der Waals surface area (Å²) in [6, 6.07) is 13.3.